The molecule has 19 heavy (non-hydrogen) atoms. The molecule has 0 saturated heterocycles. The summed E-state index contributed by atoms with van der Waals surface area (Å²) in [5, 5.41) is 3.61. The van der Waals surface area contributed by atoms with Gasteiger partial charge >= 0.3 is 0 Å². The highest BCUT2D eigenvalue weighted by Crippen LogP contribution is 2.24. The number of benzene rings is 1. The van der Waals surface area contributed by atoms with E-state index < -0.39 is 0 Å². The molecule has 0 fully saturated rings. The third kappa shape index (κ3) is 7.47. The van der Waals surface area contributed by atoms with Gasteiger partial charge in [-0.15, -0.1) is 24.0 Å². The second-order valence-corrected chi connectivity index (χ2v) is 4.42. The molecule has 0 bridgehead atoms. The molecule has 0 spiro atoms. The molecule has 1 atom stereocenters. The van der Waals surface area contributed by atoms with E-state index in [2.05, 4.69) is 17.2 Å². The van der Waals surface area contributed by atoms with Crippen molar-refractivity contribution in [3.8, 4) is 5.75 Å². The average Bonchev–Trinajstić information content (AvgIpc) is 2.36. The quantitative estimate of drug-likeness (QED) is 0.441. The number of hydrogen-bond acceptors (Lipinski definition) is 2. The smallest absolute Gasteiger partial charge is 0.188 e. The number of hydrogen-bond donors (Lipinski definition) is 2. The molecule has 3 N–H and O–H groups in total. The molecule has 1 rings (SSSR count). The lowest BCUT2D eigenvalue weighted by Crippen LogP contribution is -2.33. The minimum Gasteiger partial charge on any atom is -0.487 e. The molecule has 108 valence electrons. The molecular formula is C13H21ClIN3O. The van der Waals surface area contributed by atoms with Gasteiger partial charge in [0.25, 0.3) is 0 Å². The largest absolute Gasteiger partial charge is 0.487 e. The number of ether oxygens (including phenoxy) is 1. The van der Waals surface area contributed by atoms with E-state index in [4.69, 9.17) is 22.1 Å². The lowest BCUT2D eigenvalue weighted by Gasteiger charge is -2.14. The van der Waals surface area contributed by atoms with Crippen LogP contribution < -0.4 is 15.8 Å². The molecule has 0 radical (unpaired) electrons. The normalized spacial score (nSPS) is 12.5. The van der Waals surface area contributed by atoms with Crippen molar-refractivity contribution in [2.75, 3.05) is 13.1 Å². The fraction of sp³-hybridized carbons (Fsp3) is 0.462. The van der Waals surface area contributed by atoms with Crippen LogP contribution in [0, 0.1) is 0 Å². The van der Waals surface area contributed by atoms with Crippen molar-refractivity contribution in [1.29, 1.82) is 0 Å². The Labute approximate surface area is 136 Å². The van der Waals surface area contributed by atoms with Crippen LogP contribution in [-0.4, -0.2) is 25.2 Å². The summed E-state index contributed by atoms with van der Waals surface area (Å²) >= 11 is 6.00. The molecule has 1 aromatic carbocycles. The standard InChI is InChI=1S/C13H20ClN3O.HI/c1-3-8-16-13(15)17-9-10(2)18-12-7-5-4-6-11(12)14;/h4-7,10H,3,8-9H2,1-2H3,(H3,15,16,17);1H. The average molecular weight is 398 g/mol. The number of nitrogens with zero attached hydrogens (tertiary/aromatic N) is 1. The summed E-state index contributed by atoms with van der Waals surface area (Å²) < 4.78 is 5.68. The number of halogens is 2. The van der Waals surface area contributed by atoms with Crippen LogP contribution in [0.3, 0.4) is 0 Å². The lowest BCUT2D eigenvalue weighted by molar-refractivity contribution is 0.230. The molecule has 0 aliphatic rings. The first-order chi connectivity index (χ1) is 8.63. The Morgan fingerprint density at radius 3 is 2.79 bits per heavy atom. The monoisotopic (exact) mass is 397 g/mol. The molecule has 0 aliphatic carbocycles. The fourth-order valence-corrected chi connectivity index (χ4v) is 1.51. The van der Waals surface area contributed by atoms with Crippen molar-refractivity contribution in [3.05, 3.63) is 29.3 Å². The number of para-hydroxylation sites is 1. The zero-order chi connectivity index (χ0) is 13.4. The van der Waals surface area contributed by atoms with Crippen molar-refractivity contribution < 1.29 is 4.74 Å². The maximum absolute atomic E-state index is 6.00. The third-order valence-electron chi connectivity index (χ3n) is 2.24. The van der Waals surface area contributed by atoms with Gasteiger partial charge in [0.15, 0.2) is 5.96 Å². The summed E-state index contributed by atoms with van der Waals surface area (Å²) in [5.41, 5.74) is 5.69. The molecule has 0 heterocycles. The summed E-state index contributed by atoms with van der Waals surface area (Å²) in [6.07, 6.45) is 0.939. The van der Waals surface area contributed by atoms with Gasteiger partial charge in [-0.2, -0.15) is 0 Å². The van der Waals surface area contributed by atoms with E-state index in [1.54, 1.807) is 6.07 Å². The van der Waals surface area contributed by atoms with Gasteiger partial charge in [-0.05, 0) is 25.5 Å². The van der Waals surface area contributed by atoms with Crippen LogP contribution in [-0.2, 0) is 0 Å². The van der Waals surface area contributed by atoms with Crippen LogP contribution in [0.4, 0.5) is 0 Å². The molecule has 4 nitrogen and oxygen atoms in total. The van der Waals surface area contributed by atoms with Gasteiger partial charge in [0, 0.05) is 6.54 Å². The summed E-state index contributed by atoms with van der Waals surface area (Å²) in [6, 6.07) is 7.38. The summed E-state index contributed by atoms with van der Waals surface area (Å²) in [4.78, 5) is 4.20. The minimum atomic E-state index is -0.0770. The maximum atomic E-state index is 6.00. The van der Waals surface area contributed by atoms with Crippen LogP contribution >= 0.6 is 35.6 Å². The molecule has 1 unspecified atom stereocenters. The second kappa shape index (κ2) is 10.1. The van der Waals surface area contributed by atoms with Crippen LogP contribution in [0.1, 0.15) is 20.3 Å². The molecule has 6 heteroatoms. The van der Waals surface area contributed by atoms with E-state index in [9.17, 15) is 0 Å². The van der Waals surface area contributed by atoms with Crippen LogP contribution in [0.15, 0.2) is 29.3 Å². The Morgan fingerprint density at radius 2 is 2.16 bits per heavy atom. The number of nitrogens with two attached hydrogens (primary N) is 1. The van der Waals surface area contributed by atoms with E-state index in [0.29, 0.717) is 23.3 Å². The molecule has 1 aromatic rings. The van der Waals surface area contributed by atoms with E-state index in [0.717, 1.165) is 13.0 Å². The maximum Gasteiger partial charge on any atom is 0.188 e. The first-order valence-electron chi connectivity index (χ1n) is 6.08. The zero-order valence-electron chi connectivity index (χ0n) is 11.2. The number of guanidine groups is 1. The number of nitrogens with one attached hydrogen (secondary N) is 1. The van der Waals surface area contributed by atoms with Crippen molar-refractivity contribution in [3.63, 3.8) is 0 Å². The third-order valence-corrected chi connectivity index (χ3v) is 2.55. The Kier molecular flexibility index (Phi) is 9.77. The first-order valence-corrected chi connectivity index (χ1v) is 6.46. The Bertz CT molecular complexity index is 401. The van der Waals surface area contributed by atoms with Gasteiger partial charge in [-0.3, -0.25) is 0 Å². The highest BCUT2D eigenvalue weighted by molar-refractivity contribution is 14.0. The van der Waals surface area contributed by atoms with E-state index >= 15 is 0 Å². The lowest BCUT2D eigenvalue weighted by atomic mass is 10.3. The van der Waals surface area contributed by atoms with Gasteiger partial charge in [0.2, 0.25) is 0 Å². The fourth-order valence-electron chi connectivity index (χ4n) is 1.33. The Hall–Kier alpha value is -0.690. The predicted octanol–water partition coefficient (Wildman–Crippen LogP) is 3.04. The first kappa shape index (κ1) is 18.3. The summed E-state index contributed by atoms with van der Waals surface area (Å²) in [6.45, 7) is 5.33. The van der Waals surface area contributed by atoms with Crippen LogP contribution in [0.5, 0.6) is 5.75 Å². The van der Waals surface area contributed by atoms with Gasteiger partial charge in [-0.1, -0.05) is 30.7 Å². The predicted molar refractivity (Wildman–Crippen MR) is 91.7 cm³/mol. The van der Waals surface area contributed by atoms with Gasteiger partial charge in [0.1, 0.15) is 11.9 Å². The molecule has 0 saturated carbocycles. The summed E-state index contributed by atoms with van der Waals surface area (Å²) in [5.74, 6) is 1.12. The SMILES string of the molecule is CCCNC(N)=NCC(C)Oc1ccccc1Cl.I. The van der Waals surface area contributed by atoms with Crippen molar-refractivity contribution >= 4 is 41.5 Å². The molecule has 0 amide bonds. The minimum absolute atomic E-state index is 0. The number of aliphatic imine (C=N–C) groups is 1. The van der Waals surface area contributed by atoms with Crippen LogP contribution in [0.25, 0.3) is 0 Å². The Morgan fingerprint density at radius 1 is 1.47 bits per heavy atom. The van der Waals surface area contributed by atoms with E-state index in [1.165, 1.54) is 0 Å². The Balaban J connectivity index is 0.00000324. The van der Waals surface area contributed by atoms with Crippen LogP contribution in [0.2, 0.25) is 5.02 Å². The van der Waals surface area contributed by atoms with Crippen molar-refractivity contribution in [2.45, 2.75) is 26.4 Å². The molecule has 0 aromatic heterocycles. The highest BCUT2D eigenvalue weighted by Gasteiger charge is 2.06. The van der Waals surface area contributed by atoms with E-state index in [1.807, 2.05) is 25.1 Å². The van der Waals surface area contributed by atoms with Gasteiger partial charge in [0.05, 0.1) is 11.6 Å². The second-order valence-electron chi connectivity index (χ2n) is 4.01. The van der Waals surface area contributed by atoms with Gasteiger partial charge < -0.3 is 15.8 Å². The summed E-state index contributed by atoms with van der Waals surface area (Å²) in [7, 11) is 0. The van der Waals surface area contributed by atoms with Gasteiger partial charge in [-0.25, -0.2) is 4.99 Å². The van der Waals surface area contributed by atoms with Crippen molar-refractivity contribution in [2.24, 2.45) is 10.7 Å². The molecule has 0 aliphatic heterocycles. The highest BCUT2D eigenvalue weighted by atomic mass is 127. The topological polar surface area (TPSA) is 59.6 Å². The molecular weight excluding hydrogens is 377 g/mol. The van der Waals surface area contributed by atoms with E-state index in [-0.39, 0.29) is 30.1 Å². The van der Waals surface area contributed by atoms with Crippen molar-refractivity contribution in [1.82, 2.24) is 5.32 Å². The number of rotatable bonds is 6. The zero-order valence-corrected chi connectivity index (χ0v) is 14.3.